The molecule has 35 heavy (non-hydrogen) atoms. The molecular formula is C27H20ClN3O4. The molecule has 2 N–H and O–H groups in total. The first-order valence-corrected chi connectivity index (χ1v) is 11.2. The number of fused-ring (bicyclic) bond motifs is 1. The number of nitrogens with one attached hydrogen (secondary N) is 2. The minimum atomic E-state index is -0.532. The van der Waals surface area contributed by atoms with Crippen LogP contribution in [0.1, 0.15) is 32.2 Å². The van der Waals surface area contributed by atoms with Crippen LogP contribution in [0, 0.1) is 13.8 Å². The molecule has 0 saturated carbocycles. The zero-order valence-electron chi connectivity index (χ0n) is 18.9. The summed E-state index contributed by atoms with van der Waals surface area (Å²) < 4.78 is 11.2. The summed E-state index contributed by atoms with van der Waals surface area (Å²) in [6, 6.07) is 21.2. The van der Waals surface area contributed by atoms with E-state index in [0.717, 1.165) is 16.7 Å². The molecule has 0 bridgehead atoms. The Morgan fingerprint density at radius 3 is 2.40 bits per heavy atom. The van der Waals surface area contributed by atoms with Crippen molar-refractivity contribution in [1.29, 1.82) is 0 Å². The van der Waals surface area contributed by atoms with Crippen LogP contribution in [0.3, 0.4) is 0 Å². The number of rotatable bonds is 5. The molecule has 7 nitrogen and oxygen atoms in total. The van der Waals surface area contributed by atoms with E-state index in [-0.39, 0.29) is 17.1 Å². The van der Waals surface area contributed by atoms with Crippen molar-refractivity contribution in [3.8, 4) is 11.3 Å². The van der Waals surface area contributed by atoms with Crippen molar-refractivity contribution < 1.29 is 18.5 Å². The third kappa shape index (κ3) is 4.54. The fraction of sp³-hybridized carbons (Fsp3) is 0.0741. The minimum Gasteiger partial charge on any atom is -0.449 e. The van der Waals surface area contributed by atoms with Gasteiger partial charge in [-0.1, -0.05) is 41.0 Å². The first-order chi connectivity index (χ1) is 16.9. The quantitative estimate of drug-likeness (QED) is 0.283. The van der Waals surface area contributed by atoms with Crippen molar-refractivity contribution in [3.05, 3.63) is 100 Å². The van der Waals surface area contributed by atoms with Crippen molar-refractivity contribution in [2.75, 3.05) is 10.6 Å². The summed E-state index contributed by atoms with van der Waals surface area (Å²) in [5, 5.41) is 10.6. The van der Waals surface area contributed by atoms with Crippen LogP contribution >= 0.6 is 11.6 Å². The van der Waals surface area contributed by atoms with Crippen molar-refractivity contribution in [3.63, 3.8) is 0 Å². The summed E-state index contributed by atoms with van der Waals surface area (Å²) in [6.45, 7) is 4.03. The van der Waals surface area contributed by atoms with Gasteiger partial charge in [-0.05, 0) is 67.4 Å². The zero-order valence-corrected chi connectivity index (χ0v) is 19.6. The molecule has 2 heterocycles. The standard InChI is InChI=1S/C27H20ClN3O4/c1-15-7-8-17(13-16(15)2)23-14-21(31-35-23)26(32)30-24-20-5-3-4-6-22(20)34-25(24)27(33)29-19-11-9-18(28)10-12-19/h3-14H,1-2H3,(H,29,33)(H,30,32). The Kier molecular flexibility index (Phi) is 5.84. The van der Waals surface area contributed by atoms with Crippen molar-refractivity contribution >= 4 is 45.8 Å². The van der Waals surface area contributed by atoms with E-state index in [1.165, 1.54) is 0 Å². The van der Waals surface area contributed by atoms with Crippen LogP contribution < -0.4 is 10.6 Å². The SMILES string of the molecule is Cc1ccc(-c2cc(C(=O)Nc3c(C(=O)Nc4ccc(Cl)cc4)oc4ccccc34)no2)cc1C. The average Bonchev–Trinajstić information content (AvgIpc) is 3.48. The number of hydrogen-bond donors (Lipinski definition) is 2. The smallest absolute Gasteiger partial charge is 0.293 e. The number of nitrogens with zero attached hydrogens (tertiary/aromatic N) is 1. The van der Waals surface area contributed by atoms with Crippen LogP contribution in [-0.4, -0.2) is 17.0 Å². The molecule has 0 spiro atoms. The Balaban J connectivity index is 1.44. The van der Waals surface area contributed by atoms with Gasteiger partial charge in [0.05, 0.1) is 0 Å². The molecule has 0 aliphatic carbocycles. The van der Waals surface area contributed by atoms with E-state index in [1.54, 1.807) is 54.6 Å². The Hall–Kier alpha value is -4.36. The molecule has 0 aliphatic heterocycles. The molecule has 0 unspecified atom stereocenters. The lowest BCUT2D eigenvalue weighted by Crippen LogP contribution is -2.17. The van der Waals surface area contributed by atoms with Gasteiger partial charge < -0.3 is 19.6 Å². The largest absolute Gasteiger partial charge is 0.449 e. The fourth-order valence-electron chi connectivity index (χ4n) is 3.64. The summed E-state index contributed by atoms with van der Waals surface area (Å²) in [7, 11) is 0. The van der Waals surface area contributed by atoms with Crippen LogP contribution in [0.2, 0.25) is 5.02 Å². The van der Waals surface area contributed by atoms with Gasteiger partial charge in [0.1, 0.15) is 11.3 Å². The molecule has 0 atom stereocenters. The summed E-state index contributed by atoms with van der Waals surface area (Å²) in [5.74, 6) is -0.617. The molecule has 5 aromatic rings. The predicted octanol–water partition coefficient (Wildman–Crippen LogP) is 6.86. The highest BCUT2D eigenvalue weighted by Gasteiger charge is 2.24. The Morgan fingerprint density at radius 1 is 0.857 bits per heavy atom. The minimum absolute atomic E-state index is 0.0348. The molecule has 2 aromatic heterocycles. The van der Waals surface area contributed by atoms with E-state index in [2.05, 4.69) is 15.8 Å². The van der Waals surface area contributed by atoms with Crippen molar-refractivity contribution in [1.82, 2.24) is 5.16 Å². The topological polar surface area (TPSA) is 97.4 Å². The summed E-state index contributed by atoms with van der Waals surface area (Å²) >= 11 is 5.92. The summed E-state index contributed by atoms with van der Waals surface area (Å²) in [6.07, 6.45) is 0. The lowest BCUT2D eigenvalue weighted by atomic mass is 10.0. The van der Waals surface area contributed by atoms with E-state index in [4.69, 9.17) is 20.5 Å². The molecule has 3 aromatic carbocycles. The van der Waals surface area contributed by atoms with Gasteiger partial charge in [-0.15, -0.1) is 0 Å². The van der Waals surface area contributed by atoms with Gasteiger partial charge in [0.2, 0.25) is 5.76 Å². The molecular weight excluding hydrogens is 466 g/mol. The number of carbonyl (C=O) groups excluding carboxylic acids is 2. The van der Waals surface area contributed by atoms with Gasteiger partial charge in [0, 0.05) is 27.7 Å². The second-order valence-electron chi connectivity index (χ2n) is 8.09. The second kappa shape index (κ2) is 9.12. The van der Waals surface area contributed by atoms with Crippen LogP contribution in [-0.2, 0) is 0 Å². The number of para-hydroxylation sites is 1. The third-order valence-electron chi connectivity index (χ3n) is 5.68. The number of aryl methyl sites for hydroxylation is 2. The summed E-state index contributed by atoms with van der Waals surface area (Å²) in [5.41, 5.74) is 4.39. The van der Waals surface area contributed by atoms with E-state index >= 15 is 0 Å². The van der Waals surface area contributed by atoms with Gasteiger partial charge in [0.15, 0.2) is 11.5 Å². The second-order valence-corrected chi connectivity index (χ2v) is 8.53. The lowest BCUT2D eigenvalue weighted by molar-refractivity contribution is 0.0999. The number of furan rings is 1. The normalized spacial score (nSPS) is 10.9. The van der Waals surface area contributed by atoms with Gasteiger partial charge >= 0.3 is 0 Å². The van der Waals surface area contributed by atoms with Crippen molar-refractivity contribution in [2.45, 2.75) is 13.8 Å². The van der Waals surface area contributed by atoms with E-state index < -0.39 is 11.8 Å². The van der Waals surface area contributed by atoms with Gasteiger partial charge in [-0.25, -0.2) is 0 Å². The number of anilines is 2. The Bertz CT molecular complexity index is 1570. The van der Waals surface area contributed by atoms with Crippen LogP contribution in [0.4, 0.5) is 11.4 Å². The molecule has 8 heteroatoms. The first-order valence-electron chi connectivity index (χ1n) is 10.8. The van der Waals surface area contributed by atoms with Gasteiger partial charge in [-0.3, -0.25) is 9.59 Å². The van der Waals surface area contributed by atoms with Crippen LogP contribution in [0.15, 0.2) is 81.7 Å². The number of hydrogen-bond acceptors (Lipinski definition) is 5. The predicted molar refractivity (Wildman–Crippen MR) is 135 cm³/mol. The van der Waals surface area contributed by atoms with E-state index in [9.17, 15) is 9.59 Å². The molecule has 0 fully saturated rings. The molecule has 0 radical (unpaired) electrons. The number of carbonyl (C=O) groups is 2. The zero-order chi connectivity index (χ0) is 24.5. The van der Waals surface area contributed by atoms with E-state index in [1.807, 2.05) is 32.0 Å². The highest BCUT2D eigenvalue weighted by molar-refractivity contribution is 6.30. The monoisotopic (exact) mass is 485 g/mol. The molecule has 2 amide bonds. The number of amides is 2. The highest BCUT2D eigenvalue weighted by atomic mass is 35.5. The molecule has 174 valence electrons. The Labute approximate surface area is 205 Å². The number of benzene rings is 3. The molecule has 5 rings (SSSR count). The lowest BCUT2D eigenvalue weighted by Gasteiger charge is -2.06. The average molecular weight is 486 g/mol. The van der Waals surface area contributed by atoms with Crippen molar-refractivity contribution in [2.24, 2.45) is 0 Å². The van der Waals surface area contributed by atoms with E-state index in [0.29, 0.717) is 27.4 Å². The van der Waals surface area contributed by atoms with Gasteiger partial charge in [0.25, 0.3) is 11.8 Å². The van der Waals surface area contributed by atoms with Gasteiger partial charge in [-0.2, -0.15) is 0 Å². The molecule has 0 aliphatic rings. The first kappa shape index (κ1) is 22.4. The third-order valence-corrected chi connectivity index (χ3v) is 5.93. The Morgan fingerprint density at radius 2 is 1.63 bits per heavy atom. The fourth-order valence-corrected chi connectivity index (χ4v) is 3.77. The number of halogens is 1. The maximum absolute atomic E-state index is 13.1. The molecule has 0 saturated heterocycles. The summed E-state index contributed by atoms with van der Waals surface area (Å²) in [4.78, 5) is 26.1. The highest BCUT2D eigenvalue weighted by Crippen LogP contribution is 2.32. The van der Waals surface area contributed by atoms with Crippen LogP contribution in [0.5, 0.6) is 0 Å². The maximum Gasteiger partial charge on any atom is 0.293 e. The maximum atomic E-state index is 13.1. The van der Waals surface area contributed by atoms with Crippen LogP contribution in [0.25, 0.3) is 22.3 Å². The number of aromatic nitrogens is 1.